The quantitative estimate of drug-likeness (QED) is 0.519. The van der Waals surface area contributed by atoms with Crippen molar-refractivity contribution in [3.8, 4) is 11.3 Å². The van der Waals surface area contributed by atoms with Gasteiger partial charge >= 0.3 is 0 Å². The van der Waals surface area contributed by atoms with Gasteiger partial charge in [0.1, 0.15) is 0 Å². The van der Waals surface area contributed by atoms with E-state index in [0.717, 1.165) is 45.9 Å². The van der Waals surface area contributed by atoms with Crippen molar-refractivity contribution in [3.63, 3.8) is 0 Å². The molecule has 3 heterocycles. The van der Waals surface area contributed by atoms with Crippen LogP contribution >= 0.6 is 11.3 Å². The summed E-state index contributed by atoms with van der Waals surface area (Å²) in [6.45, 7) is 1.91. The second-order valence-corrected chi connectivity index (χ2v) is 8.95. The molecule has 0 radical (unpaired) electrons. The van der Waals surface area contributed by atoms with Crippen molar-refractivity contribution in [1.82, 2.24) is 24.9 Å². The van der Waals surface area contributed by atoms with Crippen LogP contribution in [0.1, 0.15) is 27.1 Å². The first-order valence-corrected chi connectivity index (χ1v) is 11.1. The average molecular weight is 434 g/mol. The lowest BCUT2D eigenvalue weighted by atomic mass is 10.1. The van der Waals surface area contributed by atoms with Crippen molar-refractivity contribution in [3.05, 3.63) is 59.8 Å². The number of aromatic nitrogens is 2. The van der Waals surface area contributed by atoms with Crippen molar-refractivity contribution < 1.29 is 9.59 Å². The summed E-state index contributed by atoms with van der Waals surface area (Å²) >= 11 is 1.56. The molecule has 0 aliphatic carbocycles. The van der Waals surface area contributed by atoms with Gasteiger partial charge in [0.15, 0.2) is 4.96 Å². The van der Waals surface area contributed by atoms with Crippen LogP contribution in [-0.2, 0) is 0 Å². The van der Waals surface area contributed by atoms with Gasteiger partial charge in [0.05, 0.1) is 15.9 Å². The first kappa shape index (κ1) is 19.7. The van der Waals surface area contributed by atoms with Gasteiger partial charge in [-0.15, -0.1) is 0 Å². The maximum absolute atomic E-state index is 12.7. The molecule has 0 spiro atoms. The van der Waals surface area contributed by atoms with Crippen molar-refractivity contribution in [2.24, 2.45) is 0 Å². The van der Waals surface area contributed by atoms with E-state index in [0.29, 0.717) is 11.1 Å². The zero-order valence-electron chi connectivity index (χ0n) is 17.4. The van der Waals surface area contributed by atoms with Crippen molar-refractivity contribution >= 4 is 38.3 Å². The predicted molar refractivity (Wildman–Crippen MR) is 123 cm³/mol. The van der Waals surface area contributed by atoms with Gasteiger partial charge in [-0.2, -0.15) is 0 Å². The monoisotopic (exact) mass is 433 g/mol. The Morgan fingerprint density at radius 2 is 1.87 bits per heavy atom. The summed E-state index contributed by atoms with van der Waals surface area (Å²) < 4.78 is 3.08. The number of imidazole rings is 1. The Morgan fingerprint density at radius 1 is 1.10 bits per heavy atom. The van der Waals surface area contributed by atoms with E-state index < -0.39 is 0 Å². The minimum Gasteiger partial charge on any atom is -0.355 e. The van der Waals surface area contributed by atoms with Gasteiger partial charge < -0.3 is 15.5 Å². The van der Waals surface area contributed by atoms with Crippen molar-refractivity contribution in [2.75, 3.05) is 27.2 Å². The number of rotatable bonds is 4. The zero-order chi connectivity index (χ0) is 21.5. The smallest absolute Gasteiger partial charge is 0.251 e. The van der Waals surface area contributed by atoms with Gasteiger partial charge in [-0.05, 0) is 50.3 Å². The van der Waals surface area contributed by atoms with E-state index in [1.807, 2.05) is 36.5 Å². The second kappa shape index (κ2) is 7.79. The van der Waals surface area contributed by atoms with Gasteiger partial charge in [0.2, 0.25) is 0 Å². The Kier molecular flexibility index (Phi) is 4.95. The summed E-state index contributed by atoms with van der Waals surface area (Å²) in [6, 6.07) is 13.4. The molecule has 1 saturated heterocycles. The SMILES string of the molecule is CNC(=O)c1ccc(-c2cn3c(n2)sc2cc(C(=O)N[C@H]4CCN(C)C4)ccc23)cc1. The van der Waals surface area contributed by atoms with Crippen LogP contribution in [-0.4, -0.2) is 59.3 Å². The zero-order valence-corrected chi connectivity index (χ0v) is 18.2. The predicted octanol–water partition coefficient (Wildman–Crippen LogP) is 3.01. The lowest BCUT2D eigenvalue weighted by Gasteiger charge is -2.12. The van der Waals surface area contributed by atoms with E-state index in [1.54, 1.807) is 30.5 Å². The third-order valence-electron chi connectivity index (χ3n) is 5.75. The summed E-state index contributed by atoms with van der Waals surface area (Å²) in [7, 11) is 3.69. The fraction of sp³-hybridized carbons (Fsp3) is 0.261. The van der Waals surface area contributed by atoms with Crippen LogP contribution in [0.3, 0.4) is 0 Å². The minimum absolute atomic E-state index is 0.0230. The van der Waals surface area contributed by atoms with Crippen molar-refractivity contribution in [1.29, 1.82) is 0 Å². The molecule has 1 atom stereocenters. The minimum atomic E-state index is -0.108. The molecule has 7 nitrogen and oxygen atoms in total. The van der Waals surface area contributed by atoms with Gasteiger partial charge in [-0.25, -0.2) is 4.98 Å². The highest BCUT2D eigenvalue weighted by molar-refractivity contribution is 7.23. The fourth-order valence-corrected chi connectivity index (χ4v) is 5.09. The molecule has 2 amide bonds. The fourth-order valence-electron chi connectivity index (χ4n) is 4.04. The summed E-state index contributed by atoms with van der Waals surface area (Å²) in [6.07, 6.45) is 2.99. The molecule has 158 valence electrons. The van der Waals surface area contributed by atoms with E-state index >= 15 is 0 Å². The number of carbonyl (C=O) groups excluding carboxylic acids is 2. The van der Waals surface area contributed by atoms with E-state index in [4.69, 9.17) is 4.98 Å². The van der Waals surface area contributed by atoms with Crippen LogP contribution in [0, 0.1) is 0 Å². The summed E-state index contributed by atoms with van der Waals surface area (Å²) in [5.74, 6) is -0.131. The summed E-state index contributed by atoms with van der Waals surface area (Å²) in [5, 5.41) is 5.76. The molecule has 2 N–H and O–H groups in total. The van der Waals surface area contributed by atoms with E-state index in [1.165, 1.54) is 0 Å². The molecular weight excluding hydrogens is 410 g/mol. The molecule has 2 aromatic carbocycles. The largest absolute Gasteiger partial charge is 0.355 e. The number of hydrogen-bond acceptors (Lipinski definition) is 5. The highest BCUT2D eigenvalue weighted by atomic mass is 32.1. The Balaban J connectivity index is 1.40. The lowest BCUT2D eigenvalue weighted by Crippen LogP contribution is -2.36. The Bertz CT molecular complexity index is 1290. The highest BCUT2D eigenvalue weighted by Crippen LogP contribution is 2.30. The molecule has 8 heteroatoms. The number of likely N-dealkylation sites (N-methyl/N-ethyl adjacent to an activating group) is 1. The molecule has 31 heavy (non-hydrogen) atoms. The Morgan fingerprint density at radius 3 is 2.58 bits per heavy atom. The highest BCUT2D eigenvalue weighted by Gasteiger charge is 2.22. The average Bonchev–Trinajstić information content (AvgIpc) is 3.47. The standard InChI is InChI=1S/C23H23N5O2S/c1-24-21(29)15-5-3-14(4-6-15)18-13-28-19-8-7-16(11-20(19)31-23(28)26-18)22(30)25-17-9-10-27(2)12-17/h3-8,11,13,17H,9-10,12H2,1-2H3,(H,24,29)(H,25,30)/t17-/m0/s1. The maximum atomic E-state index is 12.7. The third kappa shape index (κ3) is 3.68. The third-order valence-corrected chi connectivity index (χ3v) is 6.77. The van der Waals surface area contributed by atoms with Crippen LogP contribution in [0.15, 0.2) is 48.7 Å². The number of amides is 2. The number of thiazole rings is 1. The summed E-state index contributed by atoms with van der Waals surface area (Å²) in [4.78, 5) is 32.3. The van der Waals surface area contributed by atoms with Crippen LogP contribution in [0.25, 0.3) is 26.4 Å². The number of nitrogens with zero attached hydrogens (tertiary/aromatic N) is 3. The lowest BCUT2D eigenvalue weighted by molar-refractivity contribution is 0.0936. The second-order valence-electron chi connectivity index (χ2n) is 7.94. The number of fused-ring (bicyclic) bond motifs is 3. The number of carbonyl (C=O) groups is 2. The van der Waals surface area contributed by atoms with Gasteiger partial charge in [-0.1, -0.05) is 23.5 Å². The summed E-state index contributed by atoms with van der Waals surface area (Å²) in [5.41, 5.74) is 4.13. The number of benzene rings is 2. The molecule has 0 saturated carbocycles. The van der Waals surface area contributed by atoms with Gasteiger partial charge in [0.25, 0.3) is 11.8 Å². The molecule has 2 aromatic heterocycles. The molecule has 1 aliphatic rings. The molecule has 4 aromatic rings. The van der Waals surface area contributed by atoms with Gasteiger partial charge in [-0.3, -0.25) is 14.0 Å². The number of likely N-dealkylation sites (tertiary alicyclic amines) is 1. The topological polar surface area (TPSA) is 78.7 Å². The van der Waals surface area contributed by atoms with Crippen LogP contribution in [0.5, 0.6) is 0 Å². The van der Waals surface area contributed by atoms with Crippen LogP contribution < -0.4 is 10.6 Å². The number of nitrogens with one attached hydrogen (secondary N) is 2. The normalized spacial score (nSPS) is 16.8. The molecular formula is C23H23N5O2S. The van der Waals surface area contributed by atoms with Crippen LogP contribution in [0.2, 0.25) is 0 Å². The van der Waals surface area contributed by atoms with E-state index in [2.05, 4.69) is 27.0 Å². The van der Waals surface area contributed by atoms with E-state index in [9.17, 15) is 9.59 Å². The number of hydrogen-bond donors (Lipinski definition) is 2. The van der Waals surface area contributed by atoms with Crippen LogP contribution in [0.4, 0.5) is 0 Å². The molecule has 5 rings (SSSR count). The van der Waals surface area contributed by atoms with Gasteiger partial charge in [0, 0.05) is 42.5 Å². The Hall–Kier alpha value is -3.23. The molecule has 0 unspecified atom stereocenters. The van der Waals surface area contributed by atoms with Crippen molar-refractivity contribution in [2.45, 2.75) is 12.5 Å². The molecule has 1 aliphatic heterocycles. The Labute approximate surface area is 183 Å². The first-order valence-electron chi connectivity index (χ1n) is 10.3. The van der Waals surface area contributed by atoms with E-state index in [-0.39, 0.29) is 17.9 Å². The molecule has 1 fully saturated rings. The molecule has 0 bridgehead atoms. The maximum Gasteiger partial charge on any atom is 0.251 e. The first-order chi connectivity index (χ1) is 15.0.